The van der Waals surface area contributed by atoms with Gasteiger partial charge in [0.05, 0.1) is 30.1 Å². The van der Waals surface area contributed by atoms with E-state index in [2.05, 4.69) is 16.0 Å². The van der Waals surface area contributed by atoms with Crippen molar-refractivity contribution in [2.45, 2.75) is 13.8 Å². The molecule has 0 heterocycles. The van der Waals surface area contributed by atoms with E-state index in [1.807, 2.05) is 6.07 Å². The van der Waals surface area contributed by atoms with Crippen LogP contribution in [0.2, 0.25) is 0 Å². The number of hydrogen-bond acceptors (Lipinski definition) is 6. The predicted molar refractivity (Wildman–Crippen MR) is 128 cm³/mol. The van der Waals surface area contributed by atoms with E-state index in [-0.39, 0.29) is 34.7 Å². The van der Waals surface area contributed by atoms with E-state index in [9.17, 15) is 14.7 Å². The zero-order chi connectivity index (χ0) is 24.7. The summed E-state index contributed by atoms with van der Waals surface area (Å²) in [6.45, 7) is 3.48. The number of carbonyl (C=O) groups is 2. The molecule has 9 nitrogen and oxygen atoms in total. The SMILES string of the molecule is COc1ccc(Oc2cc(NC(=O)Nc3ccc(C#N)cc3)c(O)cc2NC(=O)C(C)C)cc1. The van der Waals surface area contributed by atoms with Gasteiger partial charge < -0.3 is 30.5 Å². The van der Waals surface area contributed by atoms with Crippen LogP contribution in [0.15, 0.2) is 60.7 Å². The molecular formula is C25H24N4O5. The first-order valence-corrected chi connectivity index (χ1v) is 10.4. The lowest BCUT2D eigenvalue weighted by atomic mass is 10.2. The van der Waals surface area contributed by atoms with Crippen LogP contribution in [0.3, 0.4) is 0 Å². The zero-order valence-corrected chi connectivity index (χ0v) is 18.9. The highest BCUT2D eigenvalue weighted by atomic mass is 16.5. The van der Waals surface area contributed by atoms with Crippen molar-refractivity contribution in [2.24, 2.45) is 5.92 Å². The highest BCUT2D eigenvalue weighted by molar-refractivity contribution is 6.02. The Morgan fingerprint density at radius 1 is 0.912 bits per heavy atom. The molecule has 9 heteroatoms. The average molecular weight is 460 g/mol. The van der Waals surface area contributed by atoms with E-state index in [1.165, 1.54) is 12.1 Å². The van der Waals surface area contributed by atoms with Crippen molar-refractivity contribution in [1.29, 1.82) is 5.26 Å². The third kappa shape index (κ3) is 6.17. The molecule has 34 heavy (non-hydrogen) atoms. The second-order valence-electron chi connectivity index (χ2n) is 7.56. The number of carbonyl (C=O) groups excluding carboxylic acids is 2. The Hall–Kier alpha value is -4.71. The van der Waals surface area contributed by atoms with Crippen LogP contribution in [0.1, 0.15) is 19.4 Å². The van der Waals surface area contributed by atoms with Gasteiger partial charge in [-0.3, -0.25) is 4.79 Å². The number of phenols is 1. The van der Waals surface area contributed by atoms with Crippen LogP contribution in [0.4, 0.5) is 21.9 Å². The Morgan fingerprint density at radius 2 is 1.56 bits per heavy atom. The fourth-order valence-electron chi connectivity index (χ4n) is 2.81. The molecule has 0 fully saturated rings. The molecule has 0 aliphatic rings. The number of anilines is 3. The van der Waals surface area contributed by atoms with Gasteiger partial charge in [-0.05, 0) is 48.5 Å². The highest BCUT2D eigenvalue weighted by Gasteiger charge is 2.17. The van der Waals surface area contributed by atoms with Crippen molar-refractivity contribution in [3.05, 3.63) is 66.2 Å². The van der Waals surface area contributed by atoms with Crippen molar-refractivity contribution in [3.63, 3.8) is 0 Å². The van der Waals surface area contributed by atoms with Crippen LogP contribution < -0.4 is 25.4 Å². The van der Waals surface area contributed by atoms with Gasteiger partial charge in [-0.2, -0.15) is 5.26 Å². The molecule has 0 bridgehead atoms. The fourth-order valence-corrected chi connectivity index (χ4v) is 2.81. The van der Waals surface area contributed by atoms with Crippen molar-refractivity contribution < 1.29 is 24.2 Å². The number of rotatable bonds is 7. The van der Waals surface area contributed by atoms with E-state index in [0.29, 0.717) is 22.7 Å². The molecule has 0 aliphatic carbocycles. The molecule has 0 aliphatic heterocycles. The lowest BCUT2D eigenvalue weighted by Crippen LogP contribution is -2.20. The van der Waals surface area contributed by atoms with E-state index in [0.717, 1.165) is 0 Å². The second kappa shape index (κ2) is 10.7. The van der Waals surface area contributed by atoms with Gasteiger partial charge in [0.15, 0.2) is 5.75 Å². The molecule has 0 atom stereocenters. The van der Waals surface area contributed by atoms with Gasteiger partial charge in [0, 0.05) is 23.7 Å². The molecule has 0 saturated carbocycles. The third-order valence-electron chi connectivity index (χ3n) is 4.69. The molecule has 0 spiro atoms. The number of benzene rings is 3. The quantitative estimate of drug-likeness (QED) is 0.354. The van der Waals surface area contributed by atoms with Crippen molar-refractivity contribution in [2.75, 3.05) is 23.1 Å². The summed E-state index contributed by atoms with van der Waals surface area (Å²) in [5.74, 6) is 0.486. The molecular weight excluding hydrogens is 436 g/mol. The molecule has 3 amide bonds. The Balaban J connectivity index is 1.85. The molecule has 0 unspecified atom stereocenters. The average Bonchev–Trinajstić information content (AvgIpc) is 2.82. The summed E-state index contributed by atoms with van der Waals surface area (Å²) < 4.78 is 11.1. The number of phenolic OH excluding ortho intramolecular Hbond substituents is 1. The van der Waals surface area contributed by atoms with Crippen molar-refractivity contribution in [3.8, 4) is 29.1 Å². The highest BCUT2D eigenvalue weighted by Crippen LogP contribution is 2.39. The third-order valence-corrected chi connectivity index (χ3v) is 4.69. The summed E-state index contributed by atoms with van der Waals surface area (Å²) in [6, 6.07) is 17.2. The van der Waals surface area contributed by atoms with Gasteiger partial charge in [-0.1, -0.05) is 13.8 Å². The van der Waals surface area contributed by atoms with E-state index >= 15 is 0 Å². The van der Waals surface area contributed by atoms with Crippen LogP contribution in [-0.2, 0) is 4.79 Å². The summed E-state index contributed by atoms with van der Waals surface area (Å²) in [6.07, 6.45) is 0. The van der Waals surface area contributed by atoms with Gasteiger partial charge in [-0.25, -0.2) is 4.79 Å². The van der Waals surface area contributed by atoms with Gasteiger partial charge >= 0.3 is 6.03 Å². The van der Waals surface area contributed by atoms with Gasteiger partial charge in [-0.15, -0.1) is 0 Å². The van der Waals surface area contributed by atoms with Crippen LogP contribution >= 0.6 is 0 Å². The molecule has 0 radical (unpaired) electrons. The van der Waals surface area contributed by atoms with Gasteiger partial charge in [0.25, 0.3) is 0 Å². The number of nitrogens with one attached hydrogen (secondary N) is 3. The number of ether oxygens (including phenoxy) is 2. The monoisotopic (exact) mass is 460 g/mol. The van der Waals surface area contributed by atoms with Gasteiger partial charge in [0.1, 0.15) is 17.2 Å². The normalized spacial score (nSPS) is 10.2. The summed E-state index contributed by atoms with van der Waals surface area (Å²) >= 11 is 0. The maximum atomic E-state index is 12.5. The first-order chi connectivity index (χ1) is 16.3. The van der Waals surface area contributed by atoms with Gasteiger partial charge in [0.2, 0.25) is 5.91 Å². The van der Waals surface area contributed by atoms with E-state index < -0.39 is 6.03 Å². The van der Waals surface area contributed by atoms with Crippen LogP contribution in [0.25, 0.3) is 0 Å². The number of hydrogen-bond donors (Lipinski definition) is 4. The van der Waals surface area contributed by atoms with E-state index in [1.54, 1.807) is 69.5 Å². The smallest absolute Gasteiger partial charge is 0.323 e. The number of urea groups is 1. The van der Waals surface area contributed by atoms with Crippen molar-refractivity contribution in [1.82, 2.24) is 0 Å². The summed E-state index contributed by atoms with van der Waals surface area (Å²) in [7, 11) is 1.55. The molecule has 4 N–H and O–H groups in total. The molecule has 3 aromatic rings. The molecule has 0 saturated heterocycles. The minimum absolute atomic E-state index is 0.0669. The predicted octanol–water partition coefficient (Wildman–Crippen LogP) is 5.30. The number of nitrogens with zero attached hydrogens (tertiary/aromatic N) is 1. The molecule has 174 valence electrons. The lowest BCUT2D eigenvalue weighted by molar-refractivity contribution is -0.118. The van der Waals surface area contributed by atoms with Crippen LogP contribution in [0, 0.1) is 17.2 Å². The summed E-state index contributed by atoms with van der Waals surface area (Å²) in [4.78, 5) is 24.7. The summed E-state index contributed by atoms with van der Waals surface area (Å²) in [5.41, 5.74) is 1.23. The topological polar surface area (TPSA) is 133 Å². The Bertz CT molecular complexity index is 1220. The first-order valence-electron chi connectivity index (χ1n) is 10.4. The number of aromatic hydroxyl groups is 1. The molecule has 3 aromatic carbocycles. The maximum absolute atomic E-state index is 12.5. The molecule has 0 aromatic heterocycles. The van der Waals surface area contributed by atoms with Crippen molar-refractivity contribution >= 4 is 29.0 Å². The summed E-state index contributed by atoms with van der Waals surface area (Å²) in [5, 5.41) is 27.3. The molecule has 3 rings (SSSR count). The standard InChI is InChI=1S/C25H24N4O5/c1-15(2)24(31)28-21-12-22(30)20(13-23(21)34-19-10-8-18(33-3)9-11-19)29-25(32)27-17-6-4-16(14-26)5-7-17/h4-13,15,30H,1-3H3,(H,28,31)(H2,27,29,32). The lowest BCUT2D eigenvalue weighted by Gasteiger charge is -2.17. The number of amides is 3. The number of methoxy groups -OCH3 is 1. The minimum atomic E-state index is -0.616. The van der Waals surface area contributed by atoms with Crippen LogP contribution in [0.5, 0.6) is 23.0 Å². The maximum Gasteiger partial charge on any atom is 0.323 e. The zero-order valence-electron chi connectivity index (χ0n) is 18.9. The number of nitriles is 1. The first kappa shape index (κ1) is 23.9. The largest absolute Gasteiger partial charge is 0.506 e. The van der Waals surface area contributed by atoms with Crippen LogP contribution in [-0.4, -0.2) is 24.2 Å². The minimum Gasteiger partial charge on any atom is -0.506 e. The Morgan fingerprint density at radius 3 is 2.15 bits per heavy atom. The van der Waals surface area contributed by atoms with E-state index in [4.69, 9.17) is 14.7 Å². The Labute approximate surface area is 196 Å². The fraction of sp³-hybridized carbons (Fsp3) is 0.160. The second-order valence-corrected chi connectivity index (χ2v) is 7.56. The Kier molecular flexibility index (Phi) is 7.56.